The van der Waals surface area contributed by atoms with Crippen molar-refractivity contribution in [3.63, 3.8) is 0 Å². The van der Waals surface area contributed by atoms with Gasteiger partial charge in [0, 0.05) is 23.7 Å². The maximum Gasteiger partial charge on any atom is 0.264 e. The van der Waals surface area contributed by atoms with Crippen LogP contribution in [0, 0.1) is 13.8 Å². The van der Waals surface area contributed by atoms with E-state index < -0.39 is 10.0 Å². The molecule has 1 aromatic heterocycles. The molecule has 0 radical (unpaired) electrons. The highest BCUT2D eigenvalue weighted by molar-refractivity contribution is 7.92. The van der Waals surface area contributed by atoms with Crippen LogP contribution in [0.15, 0.2) is 53.4 Å². The molecule has 1 atom stereocenters. The van der Waals surface area contributed by atoms with Crippen molar-refractivity contribution in [1.82, 2.24) is 14.9 Å². The van der Waals surface area contributed by atoms with E-state index in [0.717, 1.165) is 16.7 Å². The summed E-state index contributed by atoms with van der Waals surface area (Å²) in [6.07, 6.45) is 0. The van der Waals surface area contributed by atoms with Crippen LogP contribution in [0.3, 0.4) is 0 Å². The van der Waals surface area contributed by atoms with E-state index in [4.69, 9.17) is 9.47 Å². The molecule has 4 bridgehead atoms. The molecule has 2 aliphatic rings. The molecule has 9 nitrogen and oxygen atoms in total. The average molecular weight is 481 g/mol. The van der Waals surface area contributed by atoms with Gasteiger partial charge in [0.2, 0.25) is 11.8 Å². The average Bonchev–Trinajstić information content (AvgIpc) is 2.82. The number of fused-ring (bicyclic) bond motifs is 5. The monoisotopic (exact) mass is 480 g/mol. The molecule has 176 valence electrons. The number of nitrogens with zero attached hydrogens (tertiary/aromatic N) is 3. The molecule has 0 spiro atoms. The maximum atomic E-state index is 13.2. The fourth-order valence-corrected chi connectivity index (χ4v) is 5.26. The fourth-order valence-electron chi connectivity index (χ4n) is 4.27. The molecule has 0 saturated carbocycles. The largest absolute Gasteiger partial charge is 0.475 e. The highest BCUT2D eigenvalue weighted by Gasteiger charge is 2.30. The van der Waals surface area contributed by atoms with Crippen LogP contribution in [0.2, 0.25) is 0 Å². The summed E-state index contributed by atoms with van der Waals surface area (Å²) in [5, 5.41) is 0. The van der Waals surface area contributed by atoms with Crippen LogP contribution >= 0.6 is 0 Å². The van der Waals surface area contributed by atoms with E-state index in [0.29, 0.717) is 25.5 Å². The molecule has 3 aromatic rings. The quantitative estimate of drug-likeness (QED) is 0.570. The number of anilines is 1. The summed E-state index contributed by atoms with van der Waals surface area (Å²) in [5.74, 6) is -0.181. The number of aryl methyl sites for hydroxylation is 2. The molecular formula is C24H24N4O5S. The molecule has 5 rings (SSSR count). The normalized spacial score (nSPS) is 19.5. The second-order valence-electron chi connectivity index (χ2n) is 8.35. The van der Waals surface area contributed by atoms with Gasteiger partial charge in [0.05, 0.1) is 29.8 Å². The van der Waals surface area contributed by atoms with Crippen LogP contribution in [0.1, 0.15) is 21.5 Å². The summed E-state index contributed by atoms with van der Waals surface area (Å²) in [6, 6.07) is 13.2. The number of amides is 1. The SMILES string of the molecule is Cc1cccc(C)c1-c1cc2nc(n1)NS(=O)(=O)c1cccc(c1)C(=O)N1CCOC[C@@H]1CO2. The first-order chi connectivity index (χ1) is 16.3. The van der Waals surface area contributed by atoms with Crippen LogP contribution in [-0.4, -0.2) is 61.6 Å². The molecule has 3 heterocycles. The molecule has 2 aromatic carbocycles. The van der Waals surface area contributed by atoms with Gasteiger partial charge < -0.3 is 14.4 Å². The Bertz CT molecular complexity index is 1360. The third-order valence-electron chi connectivity index (χ3n) is 5.97. The van der Waals surface area contributed by atoms with Crippen molar-refractivity contribution in [2.75, 3.05) is 31.1 Å². The number of aromatic nitrogens is 2. The number of sulfonamides is 1. The van der Waals surface area contributed by atoms with Crippen molar-refractivity contribution >= 4 is 21.9 Å². The zero-order valence-electron chi connectivity index (χ0n) is 18.8. The molecule has 1 amide bonds. The minimum atomic E-state index is -4.06. The van der Waals surface area contributed by atoms with Gasteiger partial charge in [0.1, 0.15) is 6.61 Å². The van der Waals surface area contributed by atoms with E-state index in [1.807, 2.05) is 32.0 Å². The fraction of sp³-hybridized carbons (Fsp3) is 0.292. The number of morpholine rings is 1. The Hall–Kier alpha value is -3.50. The molecule has 0 aliphatic carbocycles. The van der Waals surface area contributed by atoms with Gasteiger partial charge in [-0.2, -0.15) is 4.98 Å². The second kappa shape index (κ2) is 8.69. The first-order valence-electron chi connectivity index (χ1n) is 10.9. The predicted molar refractivity (Wildman–Crippen MR) is 125 cm³/mol. The van der Waals surface area contributed by atoms with Crippen molar-refractivity contribution in [1.29, 1.82) is 0 Å². The summed E-state index contributed by atoms with van der Waals surface area (Å²) < 4.78 is 40.4. The lowest BCUT2D eigenvalue weighted by Crippen LogP contribution is -2.51. The minimum Gasteiger partial charge on any atom is -0.475 e. The smallest absolute Gasteiger partial charge is 0.264 e. The van der Waals surface area contributed by atoms with Crippen molar-refractivity contribution < 1.29 is 22.7 Å². The summed E-state index contributed by atoms with van der Waals surface area (Å²) >= 11 is 0. The summed E-state index contributed by atoms with van der Waals surface area (Å²) in [4.78, 5) is 23.6. The topological polar surface area (TPSA) is 111 Å². The van der Waals surface area contributed by atoms with E-state index in [9.17, 15) is 13.2 Å². The van der Waals surface area contributed by atoms with Gasteiger partial charge in [-0.05, 0) is 43.2 Å². The first-order valence-corrected chi connectivity index (χ1v) is 12.4. The van der Waals surface area contributed by atoms with Crippen LogP contribution in [-0.2, 0) is 14.8 Å². The Balaban J connectivity index is 1.66. The number of carbonyl (C=O) groups is 1. The highest BCUT2D eigenvalue weighted by Crippen LogP contribution is 2.30. The molecule has 1 N–H and O–H groups in total. The molecule has 1 saturated heterocycles. The van der Waals surface area contributed by atoms with E-state index >= 15 is 0 Å². The zero-order valence-corrected chi connectivity index (χ0v) is 19.6. The number of hydrogen-bond acceptors (Lipinski definition) is 7. The number of rotatable bonds is 1. The number of carbonyl (C=O) groups excluding carboxylic acids is 1. The van der Waals surface area contributed by atoms with Gasteiger partial charge in [-0.15, -0.1) is 0 Å². The number of hydrogen-bond donors (Lipinski definition) is 1. The van der Waals surface area contributed by atoms with Gasteiger partial charge in [0.15, 0.2) is 0 Å². The first kappa shape index (κ1) is 22.3. The lowest BCUT2D eigenvalue weighted by atomic mass is 10.00. The van der Waals surface area contributed by atoms with Crippen molar-refractivity contribution in [2.45, 2.75) is 24.8 Å². The van der Waals surface area contributed by atoms with E-state index in [-0.39, 0.29) is 40.8 Å². The molecular weight excluding hydrogens is 456 g/mol. The van der Waals surface area contributed by atoms with Crippen molar-refractivity contribution in [3.8, 4) is 17.1 Å². The number of benzene rings is 2. The van der Waals surface area contributed by atoms with Crippen molar-refractivity contribution in [2.24, 2.45) is 0 Å². The molecule has 10 heteroatoms. The Labute approximate surface area is 197 Å². The Kier molecular flexibility index (Phi) is 5.70. The number of nitrogens with one attached hydrogen (secondary N) is 1. The number of ether oxygens (including phenoxy) is 2. The zero-order chi connectivity index (χ0) is 23.9. The molecule has 1 fully saturated rings. The Morgan fingerprint density at radius 3 is 2.59 bits per heavy atom. The molecule has 34 heavy (non-hydrogen) atoms. The summed E-state index contributed by atoms with van der Waals surface area (Å²) in [5.41, 5.74) is 3.66. The lowest BCUT2D eigenvalue weighted by Gasteiger charge is -2.35. The van der Waals surface area contributed by atoms with Gasteiger partial charge >= 0.3 is 0 Å². The van der Waals surface area contributed by atoms with Crippen LogP contribution in [0.4, 0.5) is 5.95 Å². The van der Waals surface area contributed by atoms with Crippen LogP contribution in [0.5, 0.6) is 5.88 Å². The minimum absolute atomic E-state index is 0.0500. The third kappa shape index (κ3) is 4.22. The van der Waals surface area contributed by atoms with Gasteiger partial charge in [-0.3, -0.25) is 4.79 Å². The predicted octanol–water partition coefficient (Wildman–Crippen LogP) is 2.79. The van der Waals surface area contributed by atoms with Crippen LogP contribution < -0.4 is 9.46 Å². The molecule has 0 unspecified atom stereocenters. The maximum absolute atomic E-state index is 13.2. The third-order valence-corrected chi connectivity index (χ3v) is 7.29. The lowest BCUT2D eigenvalue weighted by molar-refractivity contribution is -0.0155. The van der Waals surface area contributed by atoms with E-state index in [1.165, 1.54) is 12.1 Å². The summed E-state index contributed by atoms with van der Waals surface area (Å²) in [6.45, 7) is 5.16. The van der Waals surface area contributed by atoms with Crippen LogP contribution in [0.25, 0.3) is 11.3 Å². The van der Waals surface area contributed by atoms with Gasteiger partial charge in [-0.25, -0.2) is 18.1 Å². The van der Waals surface area contributed by atoms with E-state index in [2.05, 4.69) is 14.7 Å². The van der Waals surface area contributed by atoms with Gasteiger partial charge in [-0.1, -0.05) is 24.3 Å². The molecule has 2 aliphatic heterocycles. The Morgan fingerprint density at radius 1 is 1.03 bits per heavy atom. The van der Waals surface area contributed by atoms with Gasteiger partial charge in [0.25, 0.3) is 15.9 Å². The standard InChI is InChI=1S/C24H24N4O5S/c1-15-5-3-6-16(2)22(15)20-12-21-26-24(25-20)27-34(30,31)19-8-4-7-17(11-19)23(29)28-9-10-32-13-18(28)14-33-21/h3-8,11-12,18H,9-10,13-14H2,1-2H3,(H,25,26,27)/t18-/m1/s1. The summed E-state index contributed by atoms with van der Waals surface area (Å²) in [7, 11) is -4.06. The Morgan fingerprint density at radius 2 is 1.79 bits per heavy atom. The highest BCUT2D eigenvalue weighted by atomic mass is 32.2. The van der Waals surface area contributed by atoms with E-state index in [1.54, 1.807) is 23.1 Å². The van der Waals surface area contributed by atoms with Crippen molar-refractivity contribution in [3.05, 3.63) is 65.2 Å². The second-order valence-corrected chi connectivity index (χ2v) is 10.0.